The van der Waals surface area contributed by atoms with Gasteiger partial charge in [0.25, 0.3) is 0 Å². The highest BCUT2D eigenvalue weighted by molar-refractivity contribution is 5.84. The number of rotatable bonds is 4. The minimum Gasteiger partial charge on any atom is -0.353 e. The molecule has 19 heavy (non-hydrogen) atoms. The maximum absolute atomic E-state index is 12.5. The molecule has 1 aromatic carbocycles. The van der Waals surface area contributed by atoms with Crippen molar-refractivity contribution in [1.82, 2.24) is 5.32 Å². The van der Waals surface area contributed by atoms with Gasteiger partial charge in [-0.25, -0.2) is 0 Å². The first-order valence-electron chi connectivity index (χ1n) is 7.54. The normalized spacial score (nSPS) is 18.3. The van der Waals surface area contributed by atoms with Gasteiger partial charge < -0.3 is 5.32 Å². The Hall–Kier alpha value is -1.31. The van der Waals surface area contributed by atoms with Crippen molar-refractivity contribution in [1.29, 1.82) is 0 Å². The van der Waals surface area contributed by atoms with Gasteiger partial charge >= 0.3 is 0 Å². The van der Waals surface area contributed by atoms with Crippen molar-refractivity contribution in [3.63, 3.8) is 0 Å². The zero-order valence-corrected chi connectivity index (χ0v) is 12.1. The quantitative estimate of drug-likeness (QED) is 0.873. The smallest absolute Gasteiger partial charge is 0.228 e. The van der Waals surface area contributed by atoms with Gasteiger partial charge in [-0.1, -0.05) is 63.4 Å². The van der Waals surface area contributed by atoms with E-state index >= 15 is 0 Å². The molecule has 0 spiro atoms. The van der Waals surface area contributed by atoms with Crippen LogP contribution in [-0.2, 0) is 4.79 Å². The van der Waals surface area contributed by atoms with Crippen LogP contribution in [0.25, 0.3) is 0 Å². The molecule has 2 heteroatoms. The number of carbonyl (C=O) groups is 1. The summed E-state index contributed by atoms with van der Waals surface area (Å²) in [5.74, 6) is 0.502. The summed E-state index contributed by atoms with van der Waals surface area (Å²) in [6.07, 6.45) is 6.11. The van der Waals surface area contributed by atoms with Crippen molar-refractivity contribution in [3.8, 4) is 0 Å². The topological polar surface area (TPSA) is 29.1 Å². The molecule has 1 amide bonds. The van der Waals surface area contributed by atoms with Gasteiger partial charge in [-0.15, -0.1) is 0 Å². The van der Waals surface area contributed by atoms with Crippen LogP contribution in [-0.4, -0.2) is 11.9 Å². The molecule has 2 nitrogen and oxygen atoms in total. The fraction of sp³-hybridized carbons (Fsp3) is 0.588. The Morgan fingerprint density at radius 2 is 1.74 bits per heavy atom. The summed E-state index contributed by atoms with van der Waals surface area (Å²) >= 11 is 0. The standard InChI is InChI=1S/C17H25NO/c1-13(2)16(14-9-5-3-6-10-14)17(19)18-15-11-7-4-8-12-15/h3,5-6,9-10,13,15-16H,4,7-8,11-12H2,1-2H3,(H,18,19). The largest absolute Gasteiger partial charge is 0.353 e. The van der Waals surface area contributed by atoms with Crippen LogP contribution in [0.4, 0.5) is 0 Å². The second-order valence-corrected chi connectivity index (χ2v) is 5.98. The molecule has 0 heterocycles. The maximum atomic E-state index is 12.5. The molecule has 0 aliphatic heterocycles. The molecule has 2 rings (SSSR count). The van der Waals surface area contributed by atoms with Crippen LogP contribution >= 0.6 is 0 Å². The van der Waals surface area contributed by atoms with Crippen LogP contribution in [0.15, 0.2) is 30.3 Å². The Morgan fingerprint density at radius 1 is 1.11 bits per heavy atom. The molecule has 1 aliphatic carbocycles. The van der Waals surface area contributed by atoms with E-state index < -0.39 is 0 Å². The van der Waals surface area contributed by atoms with Gasteiger partial charge in [0.05, 0.1) is 5.92 Å². The van der Waals surface area contributed by atoms with E-state index in [1.165, 1.54) is 19.3 Å². The Kier molecular flexibility index (Phi) is 5.00. The van der Waals surface area contributed by atoms with Crippen molar-refractivity contribution in [2.75, 3.05) is 0 Å². The van der Waals surface area contributed by atoms with Crippen LogP contribution in [0.2, 0.25) is 0 Å². The average molecular weight is 259 g/mol. The van der Waals surface area contributed by atoms with Gasteiger partial charge in [-0.2, -0.15) is 0 Å². The summed E-state index contributed by atoms with van der Waals surface area (Å²) in [5, 5.41) is 3.26. The summed E-state index contributed by atoms with van der Waals surface area (Å²) < 4.78 is 0. The number of nitrogens with one attached hydrogen (secondary N) is 1. The van der Waals surface area contributed by atoms with E-state index in [2.05, 4.69) is 31.3 Å². The van der Waals surface area contributed by atoms with Crippen molar-refractivity contribution in [2.45, 2.75) is 57.9 Å². The highest BCUT2D eigenvalue weighted by Crippen LogP contribution is 2.26. The molecule has 0 aromatic heterocycles. The molecule has 1 atom stereocenters. The lowest BCUT2D eigenvalue weighted by molar-refractivity contribution is -0.124. The van der Waals surface area contributed by atoms with E-state index in [0.717, 1.165) is 18.4 Å². The first-order chi connectivity index (χ1) is 9.18. The van der Waals surface area contributed by atoms with Gasteiger partial charge in [0.1, 0.15) is 0 Å². The predicted molar refractivity (Wildman–Crippen MR) is 79.0 cm³/mol. The Morgan fingerprint density at radius 3 is 2.32 bits per heavy atom. The monoisotopic (exact) mass is 259 g/mol. The minimum absolute atomic E-state index is 0.0249. The molecule has 1 aliphatic rings. The first-order valence-corrected chi connectivity index (χ1v) is 7.54. The molecular weight excluding hydrogens is 234 g/mol. The van der Waals surface area contributed by atoms with Crippen LogP contribution in [0.1, 0.15) is 57.4 Å². The zero-order chi connectivity index (χ0) is 13.7. The third-order valence-electron chi connectivity index (χ3n) is 4.06. The SMILES string of the molecule is CC(C)C(C(=O)NC1CCCCC1)c1ccccc1. The third kappa shape index (κ3) is 3.82. The predicted octanol–water partition coefficient (Wildman–Crippen LogP) is 3.88. The summed E-state index contributed by atoms with van der Waals surface area (Å²) in [6, 6.07) is 10.5. The summed E-state index contributed by atoms with van der Waals surface area (Å²) in [4.78, 5) is 12.5. The fourth-order valence-electron chi connectivity index (χ4n) is 3.04. The lowest BCUT2D eigenvalue weighted by atomic mass is 9.86. The highest BCUT2D eigenvalue weighted by Gasteiger charge is 2.26. The van der Waals surface area contributed by atoms with Crippen molar-refractivity contribution < 1.29 is 4.79 Å². The van der Waals surface area contributed by atoms with Crippen molar-refractivity contribution in [3.05, 3.63) is 35.9 Å². The van der Waals surface area contributed by atoms with Crippen molar-refractivity contribution in [2.24, 2.45) is 5.92 Å². The van der Waals surface area contributed by atoms with Gasteiger partial charge in [-0.05, 0) is 24.3 Å². The fourth-order valence-corrected chi connectivity index (χ4v) is 3.04. The average Bonchev–Trinajstić information content (AvgIpc) is 2.40. The van der Waals surface area contributed by atoms with Gasteiger partial charge in [0.15, 0.2) is 0 Å². The van der Waals surface area contributed by atoms with E-state index in [9.17, 15) is 4.79 Å². The molecule has 0 saturated heterocycles. The van der Waals surface area contributed by atoms with Gasteiger partial charge in [-0.3, -0.25) is 4.79 Å². The number of amides is 1. The number of carbonyl (C=O) groups excluding carboxylic acids is 1. The molecule has 104 valence electrons. The number of hydrogen-bond donors (Lipinski definition) is 1. The zero-order valence-electron chi connectivity index (χ0n) is 12.1. The lowest BCUT2D eigenvalue weighted by Gasteiger charge is -2.27. The van der Waals surface area contributed by atoms with Crippen LogP contribution < -0.4 is 5.32 Å². The third-order valence-corrected chi connectivity index (χ3v) is 4.06. The van der Waals surface area contributed by atoms with E-state index in [0.29, 0.717) is 12.0 Å². The molecule has 1 saturated carbocycles. The van der Waals surface area contributed by atoms with E-state index in [4.69, 9.17) is 0 Å². The van der Waals surface area contributed by atoms with Gasteiger partial charge in [0, 0.05) is 6.04 Å². The minimum atomic E-state index is -0.0249. The first kappa shape index (κ1) is 14.1. The van der Waals surface area contributed by atoms with E-state index in [-0.39, 0.29) is 11.8 Å². The molecule has 0 radical (unpaired) electrons. The summed E-state index contributed by atoms with van der Waals surface area (Å²) in [7, 11) is 0. The molecule has 1 aromatic rings. The van der Waals surface area contributed by atoms with E-state index in [1.54, 1.807) is 0 Å². The van der Waals surface area contributed by atoms with Crippen LogP contribution in [0.3, 0.4) is 0 Å². The Labute approximate surface area is 116 Å². The van der Waals surface area contributed by atoms with Crippen LogP contribution in [0.5, 0.6) is 0 Å². The van der Waals surface area contributed by atoms with E-state index in [1.807, 2.05) is 18.2 Å². The second kappa shape index (κ2) is 6.74. The Bertz CT molecular complexity index is 393. The number of hydrogen-bond acceptors (Lipinski definition) is 1. The maximum Gasteiger partial charge on any atom is 0.228 e. The second-order valence-electron chi connectivity index (χ2n) is 5.98. The van der Waals surface area contributed by atoms with Gasteiger partial charge in [0.2, 0.25) is 5.91 Å². The Balaban J connectivity index is 2.04. The lowest BCUT2D eigenvalue weighted by Crippen LogP contribution is -2.40. The summed E-state index contributed by atoms with van der Waals surface area (Å²) in [6.45, 7) is 4.25. The molecule has 1 fully saturated rings. The summed E-state index contributed by atoms with van der Waals surface area (Å²) in [5.41, 5.74) is 1.13. The highest BCUT2D eigenvalue weighted by atomic mass is 16.1. The molecule has 1 N–H and O–H groups in total. The van der Waals surface area contributed by atoms with Crippen molar-refractivity contribution >= 4 is 5.91 Å². The van der Waals surface area contributed by atoms with Crippen LogP contribution in [0, 0.1) is 5.92 Å². The molecule has 1 unspecified atom stereocenters. The number of benzene rings is 1. The molecule has 0 bridgehead atoms. The molecular formula is C17H25NO.